The molecule has 11 nitrogen and oxygen atoms in total. The van der Waals surface area contributed by atoms with Gasteiger partial charge in [-0.3, -0.25) is 9.80 Å². The maximum atomic E-state index is 12.8. The van der Waals surface area contributed by atoms with E-state index in [1.165, 1.54) is 0 Å². The van der Waals surface area contributed by atoms with Gasteiger partial charge in [0.2, 0.25) is 5.91 Å². The van der Waals surface area contributed by atoms with Crippen LogP contribution in [0.2, 0.25) is 0 Å². The Morgan fingerprint density at radius 2 is 2.02 bits per heavy atom. The number of fused-ring (bicyclic) bond motifs is 4. The van der Waals surface area contributed by atoms with Crippen LogP contribution in [0.25, 0.3) is 10.9 Å². The van der Waals surface area contributed by atoms with E-state index < -0.39 is 0 Å². The standard InChI is InChI=1S/C33H38N8O3.C4H6.C2H6/c1-5-36-40-13-10-26(11-14-40)44-30-9-8-24(17-23(30)2)37-33-27-18-29-31(19-28(27)34-22-35-33)43-21-25-20-39(15-16-41(25)29)32(42)7-6-12-38(3)4;1-3-4-2;1-2/h5-11,13,17-19,22,25H,12,14-16,20-21H2,1-4H3,(H,34,35,37);1H,4H2,2H3;1-2H3/b7-6+,36-5-;;. The molecule has 11 heteroatoms. The molecule has 0 spiro atoms. The molecule has 1 N–H and O–H groups in total. The van der Waals surface area contributed by atoms with Crippen LogP contribution < -0.4 is 19.7 Å². The first-order valence-electron chi connectivity index (χ1n) is 17.2. The van der Waals surface area contributed by atoms with Crippen molar-refractivity contribution in [2.45, 2.75) is 47.1 Å². The molecule has 264 valence electrons. The first-order valence-corrected chi connectivity index (χ1v) is 17.2. The predicted octanol–water partition coefficient (Wildman–Crippen LogP) is 6.36. The number of anilines is 3. The number of nitrogens with zero attached hydrogens (tertiary/aromatic N) is 7. The van der Waals surface area contributed by atoms with Gasteiger partial charge in [-0.1, -0.05) is 26.8 Å². The second kappa shape index (κ2) is 18.4. The van der Waals surface area contributed by atoms with E-state index >= 15 is 0 Å². The Hall–Kier alpha value is -5.34. The summed E-state index contributed by atoms with van der Waals surface area (Å²) in [5.74, 6) is 5.56. The van der Waals surface area contributed by atoms with Gasteiger partial charge < -0.3 is 29.5 Å². The van der Waals surface area contributed by atoms with E-state index in [0.29, 0.717) is 32.1 Å². The zero-order valence-corrected chi connectivity index (χ0v) is 30.4. The SMILES string of the molecule is C#CCC.C/C=N\N1C=CC(Oc2ccc(Nc3ncnc4cc5c(cc34)N3CCN(C(=O)/C=C/CN(C)C)CC3CO5)cc2C)=CC1.CC. The van der Waals surface area contributed by atoms with Gasteiger partial charge in [-0.05, 0) is 69.9 Å². The summed E-state index contributed by atoms with van der Waals surface area (Å²) in [6.45, 7) is 13.8. The van der Waals surface area contributed by atoms with E-state index in [0.717, 1.165) is 64.6 Å². The molecule has 1 saturated heterocycles. The molecule has 3 aliphatic heterocycles. The average molecular weight is 679 g/mol. The summed E-state index contributed by atoms with van der Waals surface area (Å²) in [7, 11) is 3.97. The number of aromatic nitrogens is 2. The van der Waals surface area contributed by atoms with Crippen LogP contribution >= 0.6 is 0 Å². The molecule has 0 radical (unpaired) electrons. The Morgan fingerprint density at radius 1 is 1.22 bits per heavy atom. The second-order valence-electron chi connectivity index (χ2n) is 11.8. The average Bonchev–Trinajstić information content (AvgIpc) is 3.13. The number of terminal acetylenes is 1. The lowest BCUT2D eigenvalue weighted by molar-refractivity contribution is -0.127. The minimum absolute atomic E-state index is 0.0441. The highest BCUT2D eigenvalue weighted by atomic mass is 16.5. The summed E-state index contributed by atoms with van der Waals surface area (Å²) in [5, 5.41) is 10.5. The maximum Gasteiger partial charge on any atom is 0.246 e. The number of likely N-dealkylation sites (N-methyl/N-ethyl adjacent to an activating group) is 1. The summed E-state index contributed by atoms with van der Waals surface area (Å²) in [6, 6.07) is 10.2. The summed E-state index contributed by atoms with van der Waals surface area (Å²) in [5.41, 5.74) is 3.69. The fourth-order valence-electron chi connectivity index (χ4n) is 5.57. The fraction of sp³-hybridized carbons (Fsp3) is 0.385. The number of benzene rings is 2. The van der Waals surface area contributed by atoms with Gasteiger partial charge in [0.05, 0.1) is 23.8 Å². The third-order valence-corrected chi connectivity index (χ3v) is 8.01. The lowest BCUT2D eigenvalue weighted by atomic mass is 10.1. The molecule has 3 aromatic rings. The number of carbonyl (C=O) groups is 1. The van der Waals surface area contributed by atoms with E-state index in [9.17, 15) is 4.79 Å². The third-order valence-electron chi connectivity index (χ3n) is 8.01. The van der Waals surface area contributed by atoms with Gasteiger partial charge in [0.1, 0.15) is 36.0 Å². The van der Waals surface area contributed by atoms with Crippen molar-refractivity contribution in [1.82, 2.24) is 24.8 Å². The number of amides is 1. The Morgan fingerprint density at radius 3 is 2.70 bits per heavy atom. The van der Waals surface area contributed by atoms with Crippen molar-refractivity contribution in [3.63, 3.8) is 0 Å². The van der Waals surface area contributed by atoms with Crippen molar-refractivity contribution in [2.24, 2.45) is 5.10 Å². The van der Waals surface area contributed by atoms with Gasteiger partial charge in [-0.2, -0.15) is 5.10 Å². The zero-order valence-electron chi connectivity index (χ0n) is 30.4. The molecule has 3 aliphatic rings. The number of aryl methyl sites for hydroxylation is 1. The molecule has 1 fully saturated rings. The van der Waals surface area contributed by atoms with Crippen molar-refractivity contribution in [1.29, 1.82) is 0 Å². The summed E-state index contributed by atoms with van der Waals surface area (Å²) < 4.78 is 12.3. The lowest BCUT2D eigenvalue weighted by Gasteiger charge is -2.45. The number of hydrogen-bond donors (Lipinski definition) is 1. The maximum absolute atomic E-state index is 12.8. The highest BCUT2D eigenvalue weighted by Gasteiger charge is 2.34. The summed E-state index contributed by atoms with van der Waals surface area (Å²) >= 11 is 0. The predicted molar refractivity (Wildman–Crippen MR) is 204 cm³/mol. The van der Waals surface area contributed by atoms with Crippen molar-refractivity contribution < 1.29 is 14.3 Å². The molecular weight excluding hydrogens is 628 g/mol. The minimum Gasteiger partial charge on any atom is -0.489 e. The third kappa shape index (κ3) is 9.64. The molecule has 1 amide bonds. The van der Waals surface area contributed by atoms with Gasteiger partial charge in [-0.15, -0.1) is 12.3 Å². The van der Waals surface area contributed by atoms with Crippen LogP contribution in [0, 0.1) is 19.3 Å². The molecule has 4 heterocycles. The van der Waals surface area contributed by atoms with Gasteiger partial charge >= 0.3 is 0 Å². The number of hydrazone groups is 1. The molecule has 0 saturated carbocycles. The molecule has 6 rings (SSSR count). The smallest absolute Gasteiger partial charge is 0.246 e. The highest BCUT2D eigenvalue weighted by molar-refractivity contribution is 5.95. The van der Waals surface area contributed by atoms with E-state index in [4.69, 9.17) is 15.9 Å². The first kappa shape index (κ1) is 37.5. The molecule has 1 unspecified atom stereocenters. The molecule has 1 aromatic heterocycles. The topological polar surface area (TPSA) is 98.7 Å². The number of rotatable bonds is 8. The van der Waals surface area contributed by atoms with E-state index in [-0.39, 0.29) is 11.9 Å². The van der Waals surface area contributed by atoms with Crippen LogP contribution in [-0.2, 0) is 4.79 Å². The number of nitrogens with one attached hydrogen (secondary N) is 1. The number of hydrogen-bond acceptors (Lipinski definition) is 10. The Bertz CT molecular complexity index is 1770. The van der Waals surface area contributed by atoms with Gasteiger partial charge in [0, 0.05) is 68.2 Å². The number of allylic oxidation sites excluding steroid dienone is 1. The molecular formula is C39H50N8O3. The van der Waals surface area contributed by atoms with Crippen LogP contribution in [0.1, 0.15) is 39.7 Å². The van der Waals surface area contributed by atoms with E-state index in [1.807, 2.05) is 112 Å². The Labute approximate surface area is 297 Å². The zero-order chi connectivity index (χ0) is 36.0. The molecule has 1 atom stereocenters. The van der Waals surface area contributed by atoms with Crippen molar-refractivity contribution in [2.75, 3.05) is 63.6 Å². The number of ether oxygens (including phenoxy) is 2. The van der Waals surface area contributed by atoms with E-state index in [1.54, 1.807) is 18.6 Å². The monoisotopic (exact) mass is 678 g/mol. The van der Waals surface area contributed by atoms with Crippen molar-refractivity contribution >= 4 is 40.2 Å². The highest BCUT2D eigenvalue weighted by Crippen LogP contribution is 2.40. The van der Waals surface area contributed by atoms with Crippen LogP contribution in [-0.4, -0.2) is 96.4 Å². The van der Waals surface area contributed by atoms with Crippen LogP contribution in [0.5, 0.6) is 11.5 Å². The van der Waals surface area contributed by atoms with Crippen LogP contribution in [0.4, 0.5) is 17.2 Å². The van der Waals surface area contributed by atoms with Gasteiger partial charge in [-0.25, -0.2) is 9.97 Å². The molecule has 2 aromatic carbocycles. The first-order chi connectivity index (χ1) is 24.3. The van der Waals surface area contributed by atoms with Crippen LogP contribution in [0.15, 0.2) is 78.0 Å². The lowest BCUT2D eigenvalue weighted by Crippen LogP contribution is -2.58. The minimum atomic E-state index is 0.0441. The summed E-state index contributed by atoms with van der Waals surface area (Å²) in [4.78, 5) is 28.2. The summed E-state index contributed by atoms with van der Waals surface area (Å²) in [6.07, 6.45) is 18.3. The Kier molecular flexibility index (Phi) is 13.8. The quantitative estimate of drug-likeness (QED) is 0.166. The van der Waals surface area contributed by atoms with Crippen LogP contribution in [0.3, 0.4) is 0 Å². The molecule has 50 heavy (non-hydrogen) atoms. The number of carbonyl (C=O) groups excluding carboxylic acids is 1. The molecule has 0 bridgehead atoms. The van der Waals surface area contributed by atoms with Gasteiger partial charge in [0.15, 0.2) is 0 Å². The van der Waals surface area contributed by atoms with Crippen molar-refractivity contribution in [3.05, 3.63) is 78.5 Å². The molecule has 0 aliphatic carbocycles. The fourth-order valence-corrected chi connectivity index (χ4v) is 5.57. The number of piperazine rings is 1. The van der Waals surface area contributed by atoms with Gasteiger partial charge in [0.25, 0.3) is 0 Å². The van der Waals surface area contributed by atoms with E-state index in [2.05, 4.69) is 37.3 Å². The normalized spacial score (nSPS) is 16.4. The second-order valence-corrected chi connectivity index (χ2v) is 11.8. The largest absolute Gasteiger partial charge is 0.489 e. The van der Waals surface area contributed by atoms with Crippen molar-refractivity contribution in [3.8, 4) is 23.8 Å². The Balaban J connectivity index is 0.000000875.